The molecular weight excluding hydrogens is 382 g/mol. The molecule has 3 heterocycles. The molecule has 0 radical (unpaired) electrons. The summed E-state index contributed by atoms with van der Waals surface area (Å²) in [6.07, 6.45) is -0.189. The van der Waals surface area contributed by atoms with E-state index in [4.69, 9.17) is 0 Å². The zero-order valence-corrected chi connectivity index (χ0v) is 17.8. The Hall–Kier alpha value is -1.58. The molecule has 0 bridgehead atoms. The van der Waals surface area contributed by atoms with Gasteiger partial charge in [0.2, 0.25) is 5.91 Å². The summed E-state index contributed by atoms with van der Waals surface area (Å²) < 4.78 is 0.536. The summed E-state index contributed by atoms with van der Waals surface area (Å²) >= 11 is 1.45. The second-order valence-electron chi connectivity index (χ2n) is 8.60. The van der Waals surface area contributed by atoms with Crippen LogP contribution in [-0.2, 0) is 14.4 Å². The molecule has 0 unspecified atom stereocenters. The number of nitrogens with zero attached hydrogens (tertiary/aromatic N) is 2. The number of likely N-dealkylation sites (N-methyl/N-ethyl adjacent to an activating group) is 2. The van der Waals surface area contributed by atoms with E-state index >= 15 is 0 Å². The van der Waals surface area contributed by atoms with E-state index < -0.39 is 18.0 Å². The number of carbonyl (C=O) groups is 3. The van der Waals surface area contributed by atoms with Crippen molar-refractivity contribution in [3.8, 4) is 0 Å². The van der Waals surface area contributed by atoms with E-state index in [0.717, 1.165) is 6.54 Å². The van der Waals surface area contributed by atoms with Gasteiger partial charge in [-0.25, -0.2) is 0 Å². The highest BCUT2D eigenvalue weighted by Crippen LogP contribution is 2.52. The van der Waals surface area contributed by atoms with Gasteiger partial charge in [-0.3, -0.25) is 9.59 Å². The first-order valence-electron chi connectivity index (χ1n) is 9.74. The summed E-state index contributed by atoms with van der Waals surface area (Å²) in [5.41, 5.74) is -0.0591. The SMILES string of the molecule is CCNC(=O)[C@@H]1C[C@H](SC2=C(C(=O)[O-])N3C(=O)[C@H]([C@@H](C)O)[C@H]3[C@H]2C)C[N+]1(C)C. The largest absolute Gasteiger partial charge is 0.543 e. The van der Waals surface area contributed by atoms with Crippen LogP contribution in [0.15, 0.2) is 10.6 Å². The molecule has 2 amide bonds. The first-order valence-corrected chi connectivity index (χ1v) is 10.6. The third-order valence-corrected chi connectivity index (χ3v) is 7.75. The van der Waals surface area contributed by atoms with E-state index in [2.05, 4.69) is 5.32 Å². The molecule has 0 aromatic carbocycles. The Morgan fingerprint density at radius 3 is 2.61 bits per heavy atom. The maximum Gasteiger partial charge on any atom is 0.278 e. The Labute approximate surface area is 169 Å². The normalized spacial score (nSPS) is 34.9. The Kier molecular flexibility index (Phi) is 5.55. The molecule has 0 saturated carbocycles. The molecule has 8 nitrogen and oxygen atoms in total. The third kappa shape index (κ3) is 3.23. The second-order valence-corrected chi connectivity index (χ2v) is 9.94. The van der Waals surface area contributed by atoms with Gasteiger partial charge >= 0.3 is 0 Å². The summed E-state index contributed by atoms with van der Waals surface area (Å²) in [6, 6.07) is -0.531. The minimum Gasteiger partial charge on any atom is -0.543 e. The topological polar surface area (TPSA) is 110 Å². The van der Waals surface area contributed by atoms with Crippen LogP contribution in [0.1, 0.15) is 27.2 Å². The number of carboxylic acid groups (broad SMARTS) is 1. The van der Waals surface area contributed by atoms with Crippen LogP contribution in [0.3, 0.4) is 0 Å². The lowest BCUT2D eigenvalue weighted by Gasteiger charge is -2.47. The lowest BCUT2D eigenvalue weighted by Crippen LogP contribution is -2.64. The number of carbonyl (C=O) groups excluding carboxylic acids is 3. The van der Waals surface area contributed by atoms with Crippen molar-refractivity contribution in [3.63, 3.8) is 0 Å². The maximum atomic E-state index is 12.4. The first kappa shape index (κ1) is 21.1. The summed E-state index contributed by atoms with van der Waals surface area (Å²) in [6.45, 7) is 6.64. The van der Waals surface area contributed by atoms with Gasteiger partial charge in [-0.1, -0.05) is 6.92 Å². The number of aliphatic hydroxyl groups is 1. The number of likely N-dealkylation sites (tertiary alicyclic amines) is 1. The van der Waals surface area contributed by atoms with Crippen molar-refractivity contribution >= 4 is 29.5 Å². The van der Waals surface area contributed by atoms with Crippen LogP contribution in [0.2, 0.25) is 0 Å². The van der Waals surface area contributed by atoms with Crippen LogP contribution in [0.4, 0.5) is 0 Å². The van der Waals surface area contributed by atoms with E-state index in [0.29, 0.717) is 22.4 Å². The molecule has 0 aromatic heterocycles. The van der Waals surface area contributed by atoms with Gasteiger partial charge in [-0.05, 0) is 13.8 Å². The Morgan fingerprint density at radius 1 is 1.43 bits per heavy atom. The molecule has 156 valence electrons. The quantitative estimate of drug-likeness (QED) is 0.424. The van der Waals surface area contributed by atoms with E-state index in [1.165, 1.54) is 16.7 Å². The molecule has 28 heavy (non-hydrogen) atoms. The number of aliphatic hydroxyl groups excluding tert-OH is 1. The number of rotatable bonds is 6. The molecule has 2 fully saturated rings. The smallest absolute Gasteiger partial charge is 0.278 e. The van der Waals surface area contributed by atoms with Crippen molar-refractivity contribution < 1.29 is 29.1 Å². The van der Waals surface area contributed by atoms with E-state index in [1.807, 2.05) is 27.9 Å². The minimum absolute atomic E-state index is 0.0114. The van der Waals surface area contributed by atoms with E-state index in [9.17, 15) is 24.6 Å². The number of nitrogens with one attached hydrogen (secondary N) is 1. The second kappa shape index (κ2) is 7.35. The van der Waals surface area contributed by atoms with E-state index in [-0.39, 0.29) is 40.8 Å². The van der Waals surface area contributed by atoms with Crippen LogP contribution in [-0.4, -0.2) is 82.9 Å². The number of carboxylic acids is 1. The van der Waals surface area contributed by atoms with Gasteiger partial charge in [-0.15, -0.1) is 11.8 Å². The number of quaternary nitrogens is 1. The molecule has 0 aliphatic carbocycles. The fraction of sp³-hybridized carbons (Fsp3) is 0.737. The maximum absolute atomic E-state index is 12.4. The van der Waals surface area contributed by atoms with Gasteiger partial charge < -0.3 is 29.7 Å². The number of thioether (sulfide) groups is 1. The zero-order chi connectivity index (χ0) is 21.0. The van der Waals surface area contributed by atoms with Crippen LogP contribution in [0, 0.1) is 11.8 Å². The van der Waals surface area contributed by atoms with Crippen LogP contribution in [0.25, 0.3) is 0 Å². The minimum atomic E-state index is -1.36. The molecule has 0 spiro atoms. The number of fused-ring (bicyclic) bond motifs is 1. The summed E-state index contributed by atoms with van der Waals surface area (Å²) in [7, 11) is 4.01. The highest BCUT2D eigenvalue weighted by molar-refractivity contribution is 8.03. The third-order valence-electron chi connectivity index (χ3n) is 6.25. The van der Waals surface area contributed by atoms with Gasteiger partial charge in [0.1, 0.15) is 0 Å². The fourth-order valence-corrected chi connectivity index (χ4v) is 6.66. The van der Waals surface area contributed by atoms with Crippen LogP contribution in [0.5, 0.6) is 0 Å². The highest BCUT2D eigenvalue weighted by atomic mass is 32.2. The highest BCUT2D eigenvalue weighted by Gasteiger charge is 2.59. The molecule has 0 aromatic rings. The Balaban J connectivity index is 1.83. The molecule has 3 rings (SSSR count). The lowest BCUT2D eigenvalue weighted by molar-refractivity contribution is -0.892. The molecule has 2 N–H and O–H groups in total. The van der Waals surface area contributed by atoms with Gasteiger partial charge in [0, 0.05) is 23.8 Å². The average Bonchev–Trinajstić information content (AvgIpc) is 3.00. The number of aliphatic carboxylic acids is 1. The van der Waals surface area contributed by atoms with Gasteiger partial charge in [0.25, 0.3) is 5.91 Å². The number of amides is 2. The Morgan fingerprint density at radius 2 is 2.07 bits per heavy atom. The van der Waals surface area contributed by atoms with Crippen molar-refractivity contribution in [3.05, 3.63) is 10.6 Å². The predicted octanol–water partition coefficient (Wildman–Crippen LogP) is -1.11. The summed E-state index contributed by atoms with van der Waals surface area (Å²) in [5.74, 6) is -2.47. The molecular formula is C19H29N3O5S. The van der Waals surface area contributed by atoms with E-state index in [1.54, 1.807) is 6.92 Å². The van der Waals surface area contributed by atoms with Crippen LogP contribution < -0.4 is 10.4 Å². The van der Waals surface area contributed by atoms with Crippen molar-refractivity contribution in [1.29, 1.82) is 0 Å². The lowest BCUT2D eigenvalue weighted by atomic mass is 9.79. The summed E-state index contributed by atoms with van der Waals surface area (Å²) in [4.78, 5) is 38.6. The van der Waals surface area contributed by atoms with Gasteiger partial charge in [0.15, 0.2) is 6.04 Å². The average molecular weight is 412 g/mol. The summed E-state index contributed by atoms with van der Waals surface area (Å²) in [5, 5.41) is 24.7. The Bertz CT molecular complexity index is 735. The number of hydrogen-bond donors (Lipinski definition) is 2. The monoisotopic (exact) mass is 411 g/mol. The fourth-order valence-electron chi connectivity index (χ4n) is 4.91. The van der Waals surface area contributed by atoms with Crippen molar-refractivity contribution in [2.45, 2.75) is 50.6 Å². The van der Waals surface area contributed by atoms with Crippen LogP contribution >= 0.6 is 11.8 Å². The molecule has 3 aliphatic heterocycles. The number of β-lactam (4-membered cyclic amide) rings is 1. The molecule has 2 saturated heterocycles. The van der Waals surface area contributed by atoms with Crippen molar-refractivity contribution in [1.82, 2.24) is 10.2 Å². The standard InChI is InChI=1S/C19H29N3O5S/c1-6-20-17(24)12-7-11(8-22(12,4)5)28-16-9(2)14-13(10(3)23)18(25)21(14)15(16)19(26)27/h9-14,23H,6-8H2,1-5H3,(H-,20,24,26,27)/t9-,10-,11+,12+,13-,14-/m1/s1. The molecule has 6 atom stereocenters. The van der Waals surface area contributed by atoms with Gasteiger partial charge in [0.05, 0.1) is 55.6 Å². The molecule has 3 aliphatic rings. The number of hydrogen-bond acceptors (Lipinski definition) is 6. The predicted molar refractivity (Wildman–Crippen MR) is 102 cm³/mol. The van der Waals surface area contributed by atoms with Crippen molar-refractivity contribution in [2.24, 2.45) is 11.8 Å². The molecule has 9 heteroatoms. The zero-order valence-electron chi connectivity index (χ0n) is 17.0. The van der Waals surface area contributed by atoms with Crippen molar-refractivity contribution in [2.75, 3.05) is 27.2 Å². The van der Waals surface area contributed by atoms with Gasteiger partial charge in [-0.2, -0.15) is 0 Å². The first-order chi connectivity index (χ1) is 13.0.